The van der Waals surface area contributed by atoms with Gasteiger partial charge < -0.3 is 5.32 Å². The van der Waals surface area contributed by atoms with Crippen molar-refractivity contribution in [3.05, 3.63) is 46.4 Å². The maximum absolute atomic E-state index is 4.00. The molecule has 0 spiro atoms. The van der Waals surface area contributed by atoms with Crippen LogP contribution >= 0.6 is 27.3 Å². The minimum absolute atomic E-state index is 0.779. The van der Waals surface area contributed by atoms with E-state index >= 15 is 0 Å². The van der Waals surface area contributed by atoms with Crippen LogP contribution in [0.4, 0.5) is 10.8 Å². The number of halogens is 1. The number of rotatable bonds is 2. The second-order valence-electron chi connectivity index (χ2n) is 3.55. The number of aromatic nitrogens is 2. The van der Waals surface area contributed by atoms with Gasteiger partial charge in [-0.1, -0.05) is 41.7 Å². The fraction of sp³-hybridized carbons (Fsp3) is 0. The van der Waals surface area contributed by atoms with Crippen LogP contribution in [0.5, 0.6) is 0 Å². The lowest BCUT2D eigenvalue weighted by atomic mass is 10.1. The van der Waals surface area contributed by atoms with Crippen molar-refractivity contribution in [3.8, 4) is 0 Å². The molecule has 3 aromatic rings. The second kappa shape index (κ2) is 4.43. The van der Waals surface area contributed by atoms with Gasteiger partial charge in [0.2, 0.25) is 5.13 Å². The van der Waals surface area contributed by atoms with Gasteiger partial charge in [-0.25, -0.2) is 0 Å². The van der Waals surface area contributed by atoms with Crippen LogP contribution < -0.4 is 5.32 Å². The van der Waals surface area contributed by atoms with Crippen LogP contribution in [0.15, 0.2) is 46.4 Å². The Hall–Kier alpha value is -1.46. The third-order valence-electron chi connectivity index (χ3n) is 2.40. The van der Waals surface area contributed by atoms with Crippen molar-refractivity contribution in [2.24, 2.45) is 0 Å². The van der Waals surface area contributed by atoms with Crippen LogP contribution in [0.25, 0.3) is 10.8 Å². The topological polar surface area (TPSA) is 37.8 Å². The first-order valence-corrected chi connectivity index (χ1v) is 6.67. The zero-order valence-corrected chi connectivity index (χ0v) is 11.1. The fourth-order valence-electron chi connectivity index (χ4n) is 1.65. The fourth-order valence-corrected chi connectivity index (χ4v) is 2.68. The molecule has 17 heavy (non-hydrogen) atoms. The number of hydrogen-bond donors (Lipinski definition) is 1. The van der Waals surface area contributed by atoms with E-state index in [0.29, 0.717) is 0 Å². The molecule has 2 aromatic carbocycles. The molecule has 0 radical (unpaired) electrons. The smallest absolute Gasteiger partial charge is 0.210 e. The van der Waals surface area contributed by atoms with E-state index in [1.807, 2.05) is 18.2 Å². The second-order valence-corrected chi connectivity index (χ2v) is 5.80. The number of benzene rings is 2. The molecule has 0 saturated heterocycles. The minimum Gasteiger partial charge on any atom is -0.330 e. The zero-order chi connectivity index (χ0) is 11.7. The number of fused-ring (bicyclic) bond motifs is 1. The van der Waals surface area contributed by atoms with Crippen LogP contribution in [0.1, 0.15) is 0 Å². The number of nitrogens with one attached hydrogen (secondary N) is 1. The Morgan fingerprint density at radius 3 is 2.59 bits per heavy atom. The maximum Gasteiger partial charge on any atom is 0.210 e. The van der Waals surface area contributed by atoms with Gasteiger partial charge in [-0.2, -0.15) is 0 Å². The summed E-state index contributed by atoms with van der Waals surface area (Å²) in [5.74, 6) is 0. The molecular formula is C12H8BrN3S. The van der Waals surface area contributed by atoms with Crippen molar-refractivity contribution in [1.82, 2.24) is 10.2 Å². The summed E-state index contributed by atoms with van der Waals surface area (Å²) in [6.45, 7) is 0. The molecular weight excluding hydrogens is 298 g/mol. The molecule has 0 aliphatic carbocycles. The first-order chi connectivity index (χ1) is 8.31. The number of hydrogen-bond acceptors (Lipinski definition) is 4. The normalized spacial score (nSPS) is 10.6. The summed E-state index contributed by atoms with van der Waals surface area (Å²) in [5.41, 5.74) is 1.02. The summed E-state index contributed by atoms with van der Waals surface area (Å²) in [5, 5.41) is 14.4. The summed E-state index contributed by atoms with van der Waals surface area (Å²) in [6, 6.07) is 14.5. The first kappa shape index (κ1) is 10.7. The zero-order valence-electron chi connectivity index (χ0n) is 8.72. The van der Waals surface area contributed by atoms with Gasteiger partial charge in [0.05, 0.1) is 0 Å². The van der Waals surface area contributed by atoms with Crippen LogP contribution in [-0.4, -0.2) is 10.2 Å². The molecule has 1 aromatic heterocycles. The third-order valence-corrected chi connectivity index (χ3v) is 3.67. The molecule has 0 fully saturated rings. The summed E-state index contributed by atoms with van der Waals surface area (Å²) in [6.07, 6.45) is 0. The Labute approximate surface area is 111 Å². The van der Waals surface area contributed by atoms with E-state index < -0.39 is 0 Å². The molecule has 0 aliphatic rings. The molecule has 0 aliphatic heterocycles. The Kier molecular flexibility index (Phi) is 2.78. The molecule has 5 heteroatoms. The summed E-state index contributed by atoms with van der Waals surface area (Å²) >= 11 is 4.76. The van der Waals surface area contributed by atoms with Crippen molar-refractivity contribution in [2.45, 2.75) is 0 Å². The van der Waals surface area contributed by atoms with E-state index in [-0.39, 0.29) is 0 Å². The standard InChI is InChI=1S/C12H8BrN3S/c13-11-15-16-12(17-11)14-10-6-5-8-3-1-2-4-9(8)7-10/h1-7H,(H,14,16). The van der Waals surface area contributed by atoms with Crippen LogP contribution in [0.2, 0.25) is 0 Å². The van der Waals surface area contributed by atoms with Gasteiger partial charge in [0.1, 0.15) is 0 Å². The Bertz CT molecular complexity index is 665. The molecule has 0 saturated carbocycles. The van der Waals surface area contributed by atoms with Crippen molar-refractivity contribution < 1.29 is 0 Å². The molecule has 1 N–H and O–H groups in total. The average Bonchev–Trinajstić information content (AvgIpc) is 2.75. The maximum atomic E-state index is 4.00. The highest BCUT2D eigenvalue weighted by atomic mass is 79.9. The van der Waals surface area contributed by atoms with E-state index in [2.05, 4.69) is 55.7 Å². The molecule has 0 bridgehead atoms. The van der Waals surface area contributed by atoms with E-state index in [0.717, 1.165) is 14.7 Å². The van der Waals surface area contributed by atoms with Crippen molar-refractivity contribution in [2.75, 3.05) is 5.32 Å². The van der Waals surface area contributed by atoms with Crippen molar-refractivity contribution >= 4 is 48.9 Å². The minimum atomic E-state index is 0.779. The molecule has 3 rings (SSSR count). The van der Waals surface area contributed by atoms with Gasteiger partial charge in [0, 0.05) is 5.69 Å². The Morgan fingerprint density at radius 2 is 1.82 bits per heavy atom. The summed E-state index contributed by atoms with van der Waals surface area (Å²) in [4.78, 5) is 0. The third kappa shape index (κ3) is 2.30. The summed E-state index contributed by atoms with van der Waals surface area (Å²) < 4.78 is 0.779. The molecule has 84 valence electrons. The van der Waals surface area contributed by atoms with E-state index in [9.17, 15) is 0 Å². The van der Waals surface area contributed by atoms with Gasteiger partial charge in [0.25, 0.3) is 0 Å². The Balaban J connectivity index is 1.95. The lowest BCUT2D eigenvalue weighted by Crippen LogP contribution is -1.89. The molecule has 0 amide bonds. The van der Waals surface area contributed by atoms with Crippen molar-refractivity contribution in [1.29, 1.82) is 0 Å². The van der Waals surface area contributed by atoms with Gasteiger partial charge in [-0.3, -0.25) is 0 Å². The monoisotopic (exact) mass is 305 g/mol. The first-order valence-electron chi connectivity index (χ1n) is 5.06. The predicted molar refractivity (Wildman–Crippen MR) is 74.8 cm³/mol. The molecule has 1 heterocycles. The highest BCUT2D eigenvalue weighted by Crippen LogP contribution is 2.26. The van der Waals surface area contributed by atoms with E-state index in [1.165, 1.54) is 22.1 Å². The van der Waals surface area contributed by atoms with Crippen molar-refractivity contribution in [3.63, 3.8) is 0 Å². The summed E-state index contributed by atoms with van der Waals surface area (Å²) in [7, 11) is 0. The Morgan fingerprint density at radius 1 is 1.00 bits per heavy atom. The molecule has 3 nitrogen and oxygen atoms in total. The highest BCUT2D eigenvalue weighted by molar-refractivity contribution is 9.11. The number of anilines is 2. The van der Waals surface area contributed by atoms with Crippen LogP contribution in [0, 0.1) is 0 Å². The lowest BCUT2D eigenvalue weighted by Gasteiger charge is -2.03. The predicted octanol–water partition coefficient (Wildman–Crippen LogP) is 4.20. The quantitative estimate of drug-likeness (QED) is 0.771. The molecule has 0 atom stereocenters. The number of nitrogens with zero attached hydrogens (tertiary/aromatic N) is 2. The van der Waals surface area contributed by atoms with Gasteiger partial charge in [-0.05, 0) is 38.8 Å². The highest BCUT2D eigenvalue weighted by Gasteiger charge is 2.02. The van der Waals surface area contributed by atoms with Gasteiger partial charge in [0.15, 0.2) is 3.92 Å². The lowest BCUT2D eigenvalue weighted by molar-refractivity contribution is 1.07. The average molecular weight is 306 g/mol. The van der Waals surface area contributed by atoms with Gasteiger partial charge >= 0.3 is 0 Å². The molecule has 0 unspecified atom stereocenters. The largest absolute Gasteiger partial charge is 0.330 e. The van der Waals surface area contributed by atoms with E-state index in [4.69, 9.17) is 0 Å². The van der Waals surface area contributed by atoms with Crippen LogP contribution in [0.3, 0.4) is 0 Å². The van der Waals surface area contributed by atoms with E-state index in [1.54, 1.807) is 0 Å². The SMILES string of the molecule is Brc1nnc(Nc2ccc3ccccc3c2)s1. The van der Waals surface area contributed by atoms with Gasteiger partial charge in [-0.15, -0.1) is 10.2 Å². The van der Waals surface area contributed by atoms with Crippen LogP contribution in [-0.2, 0) is 0 Å².